The summed E-state index contributed by atoms with van der Waals surface area (Å²) in [5, 5.41) is 33.0. The number of hydrogen-bond donors (Lipinski definition) is 4. The maximum Gasteiger partial charge on any atom is 0.251 e. The summed E-state index contributed by atoms with van der Waals surface area (Å²) in [6.45, 7) is 6.20. The number of aromatic nitrogens is 2. The predicted molar refractivity (Wildman–Crippen MR) is 220 cm³/mol. The monoisotopic (exact) mass is 774 g/mol. The summed E-state index contributed by atoms with van der Waals surface area (Å²) < 4.78 is 23.5. The number of ether oxygens (including phenoxy) is 2. The van der Waals surface area contributed by atoms with E-state index < -0.39 is 0 Å². The summed E-state index contributed by atoms with van der Waals surface area (Å²) in [5.41, 5.74) is 5.41. The number of nitrogens with one attached hydrogen (secondary N) is 2. The second-order valence-electron chi connectivity index (χ2n) is 14.2. The standard InChI is InChI=1S/C46H38N4O8/c1-26-20-33-31-8-4-2-6-27(31)22-35(41(33)51)45-49-37-24-29(10-12-39(37)57-45)43(53)47-14-16-55-18-19-56-17-15-48-44(54)30-11-13-40-38(25-30)50-46(58-40)36-23-28-7-3-5-9-32(28)34(21-26)42(36)52/h2-13,22-25,51-52H,1,14-21H2,(H,47,53)(H,48,54). The van der Waals surface area contributed by atoms with Crippen molar-refractivity contribution in [3.63, 3.8) is 0 Å². The van der Waals surface area contributed by atoms with Gasteiger partial charge in [0.15, 0.2) is 11.2 Å². The maximum absolute atomic E-state index is 13.0. The zero-order valence-corrected chi connectivity index (χ0v) is 31.3. The molecule has 6 aromatic carbocycles. The van der Waals surface area contributed by atoms with Crippen LogP contribution in [0.5, 0.6) is 11.5 Å². The molecule has 290 valence electrons. The summed E-state index contributed by atoms with van der Waals surface area (Å²) in [4.78, 5) is 35.4. The minimum atomic E-state index is -0.292. The normalized spacial score (nSPS) is 15.1. The highest BCUT2D eigenvalue weighted by Gasteiger charge is 2.23. The number of aromatic hydroxyl groups is 2. The molecule has 9 rings (SSSR count). The number of phenols is 2. The second kappa shape index (κ2) is 15.5. The van der Waals surface area contributed by atoms with Crippen LogP contribution in [-0.2, 0) is 22.3 Å². The van der Waals surface area contributed by atoms with Crippen LogP contribution in [0.1, 0.15) is 31.8 Å². The average Bonchev–Trinajstić information content (AvgIpc) is 3.87. The molecule has 0 saturated heterocycles. The van der Waals surface area contributed by atoms with Crippen LogP contribution in [0.25, 0.3) is 66.7 Å². The molecule has 58 heavy (non-hydrogen) atoms. The number of oxazole rings is 2. The molecule has 10 bridgehead atoms. The molecule has 0 unspecified atom stereocenters. The van der Waals surface area contributed by atoms with Gasteiger partial charge in [0.1, 0.15) is 22.5 Å². The number of allylic oxidation sites excluding steroid dienone is 1. The predicted octanol–water partition coefficient (Wildman–Crippen LogP) is 7.87. The van der Waals surface area contributed by atoms with Gasteiger partial charge in [0.25, 0.3) is 11.8 Å². The molecule has 2 aromatic heterocycles. The Morgan fingerprint density at radius 1 is 0.569 bits per heavy atom. The second-order valence-corrected chi connectivity index (χ2v) is 14.2. The number of phenolic OH excluding ortho intramolecular Hbond substituents is 2. The molecule has 0 fully saturated rings. The fourth-order valence-corrected chi connectivity index (χ4v) is 7.44. The van der Waals surface area contributed by atoms with Crippen LogP contribution in [0.4, 0.5) is 0 Å². The Bertz CT molecular complexity index is 2720. The van der Waals surface area contributed by atoms with Gasteiger partial charge in [0.05, 0.1) is 37.6 Å². The van der Waals surface area contributed by atoms with Crippen LogP contribution in [0.2, 0.25) is 0 Å². The molecule has 8 aromatic rings. The van der Waals surface area contributed by atoms with Crippen molar-refractivity contribution >= 4 is 55.6 Å². The third kappa shape index (κ3) is 7.10. The third-order valence-corrected chi connectivity index (χ3v) is 10.3. The number of amides is 2. The molecule has 0 aliphatic carbocycles. The molecule has 0 saturated carbocycles. The Morgan fingerprint density at radius 2 is 1.02 bits per heavy atom. The summed E-state index contributed by atoms with van der Waals surface area (Å²) in [6, 6.07) is 29.1. The summed E-state index contributed by atoms with van der Waals surface area (Å²) >= 11 is 0. The first-order valence-electron chi connectivity index (χ1n) is 19.0. The molecule has 2 amide bonds. The van der Waals surface area contributed by atoms with E-state index in [0.29, 0.717) is 68.8 Å². The van der Waals surface area contributed by atoms with Gasteiger partial charge in [-0.1, -0.05) is 60.7 Å². The maximum atomic E-state index is 13.0. The largest absolute Gasteiger partial charge is 0.507 e. The van der Waals surface area contributed by atoms with Gasteiger partial charge in [-0.15, -0.1) is 0 Å². The van der Waals surface area contributed by atoms with E-state index in [2.05, 4.69) is 17.2 Å². The Labute approximate surface area is 331 Å². The van der Waals surface area contributed by atoms with Crippen molar-refractivity contribution in [1.29, 1.82) is 0 Å². The highest BCUT2D eigenvalue weighted by atomic mass is 16.5. The Balaban J connectivity index is 1.11. The van der Waals surface area contributed by atoms with Gasteiger partial charge in [-0.3, -0.25) is 9.59 Å². The highest BCUT2D eigenvalue weighted by molar-refractivity contribution is 5.99. The minimum absolute atomic E-state index is 0.00695. The summed E-state index contributed by atoms with van der Waals surface area (Å²) in [6.07, 6.45) is 0.540. The molecule has 12 heteroatoms. The van der Waals surface area contributed by atoms with Crippen LogP contribution in [-0.4, -0.2) is 71.5 Å². The first-order valence-corrected chi connectivity index (χ1v) is 19.0. The van der Waals surface area contributed by atoms with Crippen LogP contribution >= 0.6 is 0 Å². The Kier molecular flexibility index (Phi) is 9.78. The first kappa shape index (κ1) is 36.6. The van der Waals surface area contributed by atoms with Crippen molar-refractivity contribution in [2.75, 3.05) is 39.5 Å². The van der Waals surface area contributed by atoms with E-state index in [1.54, 1.807) is 36.4 Å². The quantitative estimate of drug-likeness (QED) is 0.111. The van der Waals surface area contributed by atoms with E-state index in [0.717, 1.165) is 27.1 Å². The summed E-state index contributed by atoms with van der Waals surface area (Å²) in [5.74, 6) is -0.190. The SMILES string of the molecule is C=C1Cc2c(O)c(cc3ccccc23)-c2nc3cc(ccc3o2)C(=O)NCCOCCOCCNC(=O)c2ccc3oc(nc3c2)-c2cc3ccccc3c(c2O)C1. The molecule has 12 nitrogen and oxygen atoms in total. The lowest BCUT2D eigenvalue weighted by Crippen LogP contribution is -2.28. The van der Waals surface area contributed by atoms with Crippen LogP contribution in [0.15, 0.2) is 118 Å². The van der Waals surface area contributed by atoms with E-state index in [1.165, 1.54) is 0 Å². The zero-order chi connectivity index (χ0) is 39.8. The van der Waals surface area contributed by atoms with Gasteiger partial charge in [0.2, 0.25) is 11.8 Å². The van der Waals surface area contributed by atoms with Crippen molar-refractivity contribution in [2.24, 2.45) is 0 Å². The third-order valence-electron chi connectivity index (χ3n) is 10.3. The smallest absolute Gasteiger partial charge is 0.251 e. The lowest BCUT2D eigenvalue weighted by Gasteiger charge is -2.16. The fourth-order valence-electron chi connectivity index (χ4n) is 7.44. The topological polar surface area (TPSA) is 169 Å². The van der Waals surface area contributed by atoms with E-state index in [1.807, 2.05) is 60.7 Å². The molecular formula is C46H38N4O8. The van der Waals surface area contributed by atoms with Gasteiger partial charge in [0, 0.05) is 35.3 Å². The minimum Gasteiger partial charge on any atom is -0.507 e. The van der Waals surface area contributed by atoms with Gasteiger partial charge in [-0.2, -0.15) is 0 Å². The van der Waals surface area contributed by atoms with E-state index in [-0.39, 0.29) is 74.2 Å². The highest BCUT2D eigenvalue weighted by Crippen LogP contribution is 2.42. The lowest BCUT2D eigenvalue weighted by atomic mass is 9.90. The van der Waals surface area contributed by atoms with Gasteiger partial charge < -0.3 is 39.2 Å². The number of carbonyl (C=O) groups is 2. The number of benzene rings is 6. The molecular weight excluding hydrogens is 737 g/mol. The average molecular weight is 775 g/mol. The van der Waals surface area contributed by atoms with Crippen LogP contribution in [0, 0.1) is 0 Å². The molecule has 0 atom stereocenters. The molecule has 3 heterocycles. The van der Waals surface area contributed by atoms with Crippen molar-refractivity contribution in [1.82, 2.24) is 20.6 Å². The first-order chi connectivity index (χ1) is 28.3. The number of rotatable bonds is 0. The van der Waals surface area contributed by atoms with Crippen molar-refractivity contribution < 1.29 is 38.1 Å². The van der Waals surface area contributed by atoms with Crippen molar-refractivity contribution in [2.45, 2.75) is 12.8 Å². The van der Waals surface area contributed by atoms with Gasteiger partial charge in [-0.25, -0.2) is 9.97 Å². The Hall–Kier alpha value is -7.02. The lowest BCUT2D eigenvalue weighted by molar-refractivity contribution is 0.0486. The molecule has 0 spiro atoms. The van der Waals surface area contributed by atoms with Crippen molar-refractivity contribution in [3.8, 4) is 34.4 Å². The van der Waals surface area contributed by atoms with E-state index in [4.69, 9.17) is 28.3 Å². The molecule has 1 aliphatic heterocycles. The van der Waals surface area contributed by atoms with Gasteiger partial charge >= 0.3 is 0 Å². The van der Waals surface area contributed by atoms with Crippen LogP contribution in [0.3, 0.4) is 0 Å². The van der Waals surface area contributed by atoms with E-state index >= 15 is 0 Å². The molecule has 1 aliphatic rings. The van der Waals surface area contributed by atoms with E-state index in [9.17, 15) is 19.8 Å². The molecule has 0 radical (unpaired) electrons. The molecule has 4 N–H and O–H groups in total. The number of carbonyl (C=O) groups excluding carboxylic acids is 2. The van der Waals surface area contributed by atoms with Crippen molar-refractivity contribution in [3.05, 3.63) is 131 Å². The fraction of sp³-hybridized carbons (Fsp3) is 0.174. The number of hydrogen-bond acceptors (Lipinski definition) is 10. The summed E-state index contributed by atoms with van der Waals surface area (Å²) in [7, 11) is 0. The number of fused-ring (bicyclic) bond motifs is 14. The zero-order valence-electron chi connectivity index (χ0n) is 31.3. The number of nitrogens with zero attached hydrogens (tertiary/aromatic N) is 2. The van der Waals surface area contributed by atoms with Gasteiger partial charge in [-0.05, 0) is 82.9 Å². The Morgan fingerprint density at radius 3 is 1.48 bits per heavy atom. The van der Waals surface area contributed by atoms with Crippen LogP contribution < -0.4 is 10.6 Å².